The molecule has 1 unspecified atom stereocenters. The van der Waals surface area contributed by atoms with Crippen LogP contribution in [0.2, 0.25) is 0 Å². The van der Waals surface area contributed by atoms with E-state index in [1.807, 2.05) is 0 Å². The number of imide groups is 1. The fourth-order valence-corrected chi connectivity index (χ4v) is 1.41. The summed E-state index contributed by atoms with van der Waals surface area (Å²) < 4.78 is 0. The minimum Gasteiger partial charge on any atom is -0.278 e. The quantitative estimate of drug-likeness (QED) is 0.390. The molecule has 0 aromatic heterocycles. The highest BCUT2D eigenvalue weighted by atomic mass is 35.5. The van der Waals surface area contributed by atoms with E-state index in [1.54, 1.807) is 0 Å². The van der Waals surface area contributed by atoms with Crippen molar-refractivity contribution < 1.29 is 19.7 Å². The molecule has 1 atom stereocenters. The third-order valence-electron chi connectivity index (χ3n) is 2.12. The Bertz CT molecular complexity index is 488. The summed E-state index contributed by atoms with van der Waals surface area (Å²) in [6.07, 6.45) is 0. The summed E-state index contributed by atoms with van der Waals surface area (Å²) in [5, 5.41) is 18.1. The molecule has 0 spiro atoms. The molecule has 0 radical (unpaired) electrons. The van der Waals surface area contributed by atoms with Crippen LogP contribution >= 0.6 is 11.6 Å². The molecule has 8 heteroatoms. The van der Waals surface area contributed by atoms with Crippen molar-refractivity contribution in [3.8, 4) is 0 Å². The Kier molecular flexibility index (Phi) is 4.35. The van der Waals surface area contributed by atoms with Crippen LogP contribution in [0.25, 0.3) is 0 Å². The maximum Gasteiger partial charge on any atom is 0.275 e. The van der Waals surface area contributed by atoms with Crippen LogP contribution in [0.5, 0.6) is 0 Å². The summed E-state index contributed by atoms with van der Waals surface area (Å²) in [6, 6.07) is 4.91. The molecular weight excluding hydrogens is 264 g/mol. The van der Waals surface area contributed by atoms with Gasteiger partial charge in [0.1, 0.15) is 5.38 Å². The second-order valence-corrected chi connectivity index (χ2v) is 3.82. The molecule has 1 rings (SSSR count). The minimum atomic E-state index is -1.29. The number of hydrogen-bond donors (Lipinski definition) is 1. The maximum atomic E-state index is 11.5. The fourth-order valence-electron chi connectivity index (χ4n) is 1.17. The van der Waals surface area contributed by atoms with Gasteiger partial charge in [-0.2, -0.15) is 5.06 Å². The van der Waals surface area contributed by atoms with Crippen molar-refractivity contribution in [2.45, 2.75) is 12.3 Å². The first-order valence-electron chi connectivity index (χ1n) is 4.76. The summed E-state index contributed by atoms with van der Waals surface area (Å²) >= 11 is 5.75. The minimum absolute atomic E-state index is 0.0981. The van der Waals surface area contributed by atoms with Crippen molar-refractivity contribution in [1.29, 1.82) is 0 Å². The van der Waals surface area contributed by atoms with E-state index < -0.39 is 22.1 Å². The Morgan fingerprint density at radius 3 is 2.28 bits per heavy atom. The van der Waals surface area contributed by atoms with E-state index in [-0.39, 0.29) is 16.3 Å². The summed E-state index contributed by atoms with van der Waals surface area (Å²) in [6.45, 7) is 0.997. The van der Waals surface area contributed by atoms with Crippen LogP contribution in [0, 0.1) is 10.1 Å². The highest BCUT2D eigenvalue weighted by molar-refractivity contribution is 6.31. The second kappa shape index (κ2) is 5.56. The Morgan fingerprint density at radius 1 is 1.39 bits per heavy atom. The van der Waals surface area contributed by atoms with E-state index in [4.69, 9.17) is 16.8 Å². The lowest BCUT2D eigenvalue weighted by Gasteiger charge is -2.14. The Morgan fingerprint density at radius 2 is 1.89 bits per heavy atom. The first-order valence-corrected chi connectivity index (χ1v) is 5.20. The third-order valence-corrected chi connectivity index (χ3v) is 2.56. The molecule has 0 fully saturated rings. The largest absolute Gasteiger partial charge is 0.278 e. The predicted octanol–water partition coefficient (Wildman–Crippen LogP) is 1.64. The van der Waals surface area contributed by atoms with Gasteiger partial charge in [0.05, 0.1) is 4.92 Å². The molecule has 0 saturated heterocycles. The van der Waals surface area contributed by atoms with Gasteiger partial charge in [0.2, 0.25) is 5.91 Å². The zero-order valence-electron chi connectivity index (χ0n) is 9.24. The first kappa shape index (κ1) is 14.1. The Hall–Kier alpha value is -1.99. The molecule has 1 aromatic rings. The van der Waals surface area contributed by atoms with E-state index in [0.717, 1.165) is 6.92 Å². The molecule has 7 nitrogen and oxygen atoms in total. The van der Waals surface area contributed by atoms with Gasteiger partial charge in [-0.05, 0) is 5.56 Å². The molecule has 1 N–H and O–H groups in total. The van der Waals surface area contributed by atoms with Gasteiger partial charge in [0.15, 0.2) is 0 Å². The lowest BCUT2D eigenvalue weighted by molar-refractivity contribution is -0.384. The SMILES string of the molecule is CC(=O)N(O)C(=O)C(Cl)c1ccc([N+](=O)[O-])cc1. The summed E-state index contributed by atoms with van der Waals surface area (Å²) in [5.41, 5.74) is 0.0926. The average molecular weight is 273 g/mol. The number of non-ortho nitro benzene ring substituents is 1. The number of nitro groups is 1. The van der Waals surface area contributed by atoms with Gasteiger partial charge in [-0.3, -0.25) is 24.9 Å². The third kappa shape index (κ3) is 3.02. The highest BCUT2D eigenvalue weighted by Gasteiger charge is 2.25. The van der Waals surface area contributed by atoms with E-state index in [9.17, 15) is 19.7 Å². The number of rotatable bonds is 3. The smallest absolute Gasteiger partial charge is 0.275 e. The molecule has 0 heterocycles. The van der Waals surface area contributed by atoms with Crippen molar-refractivity contribution in [2.24, 2.45) is 0 Å². The number of nitro benzene ring substituents is 1. The van der Waals surface area contributed by atoms with Crippen LogP contribution in [0.1, 0.15) is 17.9 Å². The summed E-state index contributed by atoms with van der Waals surface area (Å²) in [5.74, 6) is -1.88. The number of benzene rings is 1. The van der Waals surface area contributed by atoms with Crippen LogP contribution in [0.15, 0.2) is 24.3 Å². The second-order valence-electron chi connectivity index (χ2n) is 3.38. The van der Waals surface area contributed by atoms with Crippen molar-refractivity contribution in [3.63, 3.8) is 0 Å². The molecule has 0 saturated carbocycles. The number of halogens is 1. The van der Waals surface area contributed by atoms with Crippen molar-refractivity contribution >= 4 is 29.1 Å². The molecule has 18 heavy (non-hydrogen) atoms. The van der Waals surface area contributed by atoms with Gasteiger partial charge in [-0.15, -0.1) is 11.6 Å². The average Bonchev–Trinajstić information content (AvgIpc) is 2.36. The lowest BCUT2D eigenvalue weighted by Crippen LogP contribution is -2.34. The van der Waals surface area contributed by atoms with E-state index in [2.05, 4.69) is 0 Å². The first-order chi connectivity index (χ1) is 8.34. The lowest BCUT2D eigenvalue weighted by atomic mass is 10.1. The topological polar surface area (TPSA) is 101 Å². The number of hydroxylamine groups is 2. The van der Waals surface area contributed by atoms with Gasteiger partial charge in [0, 0.05) is 19.1 Å². The molecule has 96 valence electrons. The number of carbonyl (C=O) groups is 2. The Balaban J connectivity index is 2.90. The molecular formula is C10H9ClN2O5. The number of amides is 2. The van der Waals surface area contributed by atoms with Crippen molar-refractivity contribution in [1.82, 2.24) is 5.06 Å². The monoisotopic (exact) mass is 272 g/mol. The fraction of sp³-hybridized carbons (Fsp3) is 0.200. The van der Waals surface area contributed by atoms with Gasteiger partial charge < -0.3 is 0 Å². The van der Waals surface area contributed by atoms with Crippen LogP contribution in [-0.2, 0) is 9.59 Å². The summed E-state index contributed by atoms with van der Waals surface area (Å²) in [4.78, 5) is 32.1. The molecule has 0 aliphatic carbocycles. The number of hydrogen-bond acceptors (Lipinski definition) is 5. The molecule has 1 aromatic carbocycles. The van der Waals surface area contributed by atoms with E-state index >= 15 is 0 Å². The standard InChI is InChI=1S/C10H9ClN2O5/c1-6(14)12(16)10(15)9(11)7-2-4-8(5-3-7)13(17)18/h2-5,9,16H,1H3. The van der Waals surface area contributed by atoms with Gasteiger partial charge in [0.25, 0.3) is 11.6 Å². The normalized spacial score (nSPS) is 11.7. The van der Waals surface area contributed by atoms with E-state index in [0.29, 0.717) is 0 Å². The number of alkyl halides is 1. The number of nitrogens with zero attached hydrogens (tertiary/aromatic N) is 2. The van der Waals surface area contributed by atoms with E-state index in [1.165, 1.54) is 24.3 Å². The highest BCUT2D eigenvalue weighted by Crippen LogP contribution is 2.24. The molecule has 0 bridgehead atoms. The molecule has 0 aliphatic heterocycles. The molecule has 0 aliphatic rings. The van der Waals surface area contributed by atoms with Gasteiger partial charge in [-0.25, -0.2) is 0 Å². The van der Waals surface area contributed by atoms with Crippen LogP contribution < -0.4 is 0 Å². The van der Waals surface area contributed by atoms with Crippen LogP contribution in [0.4, 0.5) is 5.69 Å². The van der Waals surface area contributed by atoms with Crippen molar-refractivity contribution in [3.05, 3.63) is 39.9 Å². The van der Waals surface area contributed by atoms with Gasteiger partial charge >= 0.3 is 0 Å². The van der Waals surface area contributed by atoms with Crippen LogP contribution in [0.3, 0.4) is 0 Å². The zero-order valence-corrected chi connectivity index (χ0v) is 10.00. The van der Waals surface area contributed by atoms with Crippen LogP contribution in [-0.4, -0.2) is 27.0 Å². The van der Waals surface area contributed by atoms with Gasteiger partial charge in [-0.1, -0.05) is 12.1 Å². The Labute approximate surface area is 107 Å². The predicted molar refractivity (Wildman–Crippen MR) is 61.0 cm³/mol. The molecule has 2 amide bonds. The maximum absolute atomic E-state index is 11.5. The number of carbonyl (C=O) groups excluding carboxylic acids is 2. The zero-order chi connectivity index (χ0) is 13.9. The van der Waals surface area contributed by atoms with Crippen molar-refractivity contribution in [2.75, 3.05) is 0 Å². The summed E-state index contributed by atoms with van der Waals surface area (Å²) in [7, 11) is 0.